The molecule has 3 nitrogen and oxygen atoms in total. The van der Waals surface area contributed by atoms with Crippen LogP contribution in [-0.2, 0) is 13.3 Å². The molecule has 0 fully saturated rings. The van der Waals surface area contributed by atoms with Crippen LogP contribution in [0.5, 0.6) is 0 Å². The first-order chi connectivity index (χ1) is 7.89. The lowest BCUT2D eigenvalue weighted by atomic mass is 9.81. The Hall–Kier alpha value is 0.0969. The molecule has 0 aromatic heterocycles. The highest BCUT2D eigenvalue weighted by Crippen LogP contribution is 2.53. The molecule has 2 unspecified atom stereocenters. The third-order valence-electron chi connectivity index (χ3n) is 4.74. The Morgan fingerprint density at radius 2 is 1.18 bits per heavy atom. The van der Waals surface area contributed by atoms with E-state index in [2.05, 4.69) is 34.6 Å². The molecule has 0 rings (SSSR count). The lowest BCUT2D eigenvalue weighted by molar-refractivity contribution is 0.0571. The summed E-state index contributed by atoms with van der Waals surface area (Å²) in [5.41, 5.74) is 0. The molecule has 0 aliphatic heterocycles. The zero-order valence-electron chi connectivity index (χ0n) is 12.8. The largest absolute Gasteiger partial charge is 0.506 e. The van der Waals surface area contributed by atoms with Crippen LogP contribution in [0.3, 0.4) is 0 Å². The van der Waals surface area contributed by atoms with E-state index in [9.17, 15) is 0 Å². The summed E-state index contributed by atoms with van der Waals surface area (Å²) >= 11 is 0. The van der Waals surface area contributed by atoms with E-state index < -0.39 is 8.80 Å². The van der Waals surface area contributed by atoms with Crippen molar-refractivity contribution in [2.75, 3.05) is 21.3 Å². The highest BCUT2D eigenvalue weighted by Gasteiger charge is 2.60. The molecule has 0 radical (unpaired) electrons. The molecular formula is C13H30O3Si. The molecule has 0 aromatic rings. The van der Waals surface area contributed by atoms with Gasteiger partial charge in [-0.1, -0.05) is 47.5 Å². The van der Waals surface area contributed by atoms with Crippen molar-refractivity contribution < 1.29 is 13.3 Å². The zero-order valence-corrected chi connectivity index (χ0v) is 13.8. The summed E-state index contributed by atoms with van der Waals surface area (Å²) in [6.45, 7) is 11.2. The minimum atomic E-state index is -2.64. The van der Waals surface area contributed by atoms with Gasteiger partial charge in [0.05, 0.1) is 0 Å². The van der Waals surface area contributed by atoms with Crippen LogP contribution in [0.1, 0.15) is 47.5 Å². The fourth-order valence-corrected chi connectivity index (χ4v) is 6.28. The van der Waals surface area contributed by atoms with Gasteiger partial charge in [-0.15, -0.1) is 0 Å². The summed E-state index contributed by atoms with van der Waals surface area (Å²) in [7, 11) is 2.49. The highest BCUT2D eigenvalue weighted by atomic mass is 28.4. The fourth-order valence-electron chi connectivity index (χ4n) is 2.85. The lowest BCUT2D eigenvalue weighted by Gasteiger charge is -2.48. The summed E-state index contributed by atoms with van der Waals surface area (Å²) in [5.74, 6) is 1.01. The van der Waals surface area contributed by atoms with E-state index >= 15 is 0 Å². The molecule has 0 bridgehead atoms. The van der Waals surface area contributed by atoms with Crippen molar-refractivity contribution in [1.82, 2.24) is 0 Å². The van der Waals surface area contributed by atoms with Gasteiger partial charge in [0.2, 0.25) is 0 Å². The third kappa shape index (κ3) is 2.75. The first-order valence-electron chi connectivity index (χ1n) is 6.55. The maximum Gasteiger partial charge on any atom is 0.506 e. The van der Waals surface area contributed by atoms with E-state index in [0.717, 1.165) is 12.8 Å². The Kier molecular flexibility index (Phi) is 6.92. The van der Waals surface area contributed by atoms with Crippen LogP contribution in [0.2, 0.25) is 5.04 Å². The van der Waals surface area contributed by atoms with Crippen molar-refractivity contribution in [2.24, 2.45) is 11.8 Å². The molecule has 0 saturated carbocycles. The Bertz CT molecular complexity index is 198. The molecule has 0 saturated heterocycles. The summed E-state index contributed by atoms with van der Waals surface area (Å²) in [5, 5.41) is -0.0469. The quantitative estimate of drug-likeness (QED) is 0.624. The molecule has 0 heterocycles. The van der Waals surface area contributed by atoms with Gasteiger partial charge in [-0.3, -0.25) is 0 Å². The first kappa shape index (κ1) is 17.1. The lowest BCUT2D eigenvalue weighted by Crippen LogP contribution is -2.58. The molecule has 0 aliphatic rings. The van der Waals surface area contributed by atoms with Crippen molar-refractivity contribution in [3.8, 4) is 0 Å². The second-order valence-corrected chi connectivity index (χ2v) is 8.48. The molecular weight excluding hydrogens is 232 g/mol. The average Bonchev–Trinajstić information content (AvgIpc) is 2.38. The van der Waals surface area contributed by atoms with Crippen LogP contribution >= 0.6 is 0 Å². The summed E-state index contributed by atoms with van der Waals surface area (Å²) in [6.07, 6.45) is 2.21. The van der Waals surface area contributed by atoms with Crippen LogP contribution in [-0.4, -0.2) is 30.1 Å². The fraction of sp³-hybridized carbons (Fsp3) is 1.00. The van der Waals surface area contributed by atoms with Crippen molar-refractivity contribution in [2.45, 2.75) is 52.5 Å². The second-order valence-electron chi connectivity index (χ2n) is 5.07. The van der Waals surface area contributed by atoms with Crippen LogP contribution in [0.4, 0.5) is 0 Å². The predicted molar refractivity (Wildman–Crippen MR) is 74.1 cm³/mol. The average molecular weight is 262 g/mol. The molecule has 0 aromatic carbocycles. The van der Waals surface area contributed by atoms with E-state index in [-0.39, 0.29) is 5.04 Å². The van der Waals surface area contributed by atoms with Crippen molar-refractivity contribution in [3.05, 3.63) is 0 Å². The smallest absolute Gasteiger partial charge is 0.376 e. The van der Waals surface area contributed by atoms with E-state index in [0.29, 0.717) is 11.8 Å². The van der Waals surface area contributed by atoms with Gasteiger partial charge >= 0.3 is 8.80 Å². The summed E-state index contributed by atoms with van der Waals surface area (Å²) in [4.78, 5) is 0. The summed E-state index contributed by atoms with van der Waals surface area (Å²) < 4.78 is 17.2. The third-order valence-corrected chi connectivity index (χ3v) is 8.66. The van der Waals surface area contributed by atoms with Crippen LogP contribution in [0, 0.1) is 11.8 Å². The predicted octanol–water partition coefficient (Wildman–Crippen LogP) is 3.72. The normalized spacial score (nSPS) is 19.8. The minimum Gasteiger partial charge on any atom is -0.376 e. The standard InChI is InChI=1S/C13H30O3Si/c1-9-11(3)13(5,12(4)10-2)17(14-6,15-7)16-8/h11-12H,9-10H2,1-8H3. The van der Waals surface area contributed by atoms with Crippen molar-refractivity contribution in [3.63, 3.8) is 0 Å². The van der Waals surface area contributed by atoms with E-state index in [1.54, 1.807) is 21.3 Å². The van der Waals surface area contributed by atoms with Gasteiger partial charge in [-0.05, 0) is 11.8 Å². The molecule has 0 spiro atoms. The van der Waals surface area contributed by atoms with Crippen LogP contribution in [0.25, 0.3) is 0 Å². The van der Waals surface area contributed by atoms with Crippen LogP contribution < -0.4 is 0 Å². The number of hydrogen-bond acceptors (Lipinski definition) is 3. The van der Waals surface area contributed by atoms with Gasteiger partial charge in [0, 0.05) is 26.4 Å². The monoisotopic (exact) mass is 262 g/mol. The molecule has 0 aliphatic carbocycles. The van der Waals surface area contributed by atoms with Crippen LogP contribution in [0.15, 0.2) is 0 Å². The Morgan fingerprint density at radius 1 is 0.882 bits per heavy atom. The Labute approximate surface area is 108 Å². The van der Waals surface area contributed by atoms with E-state index in [1.807, 2.05) is 0 Å². The molecule has 2 atom stereocenters. The Balaban J connectivity index is 5.56. The topological polar surface area (TPSA) is 27.7 Å². The Morgan fingerprint density at radius 3 is 1.35 bits per heavy atom. The summed E-state index contributed by atoms with van der Waals surface area (Å²) in [6, 6.07) is 0. The molecule has 0 amide bonds. The van der Waals surface area contributed by atoms with Gasteiger partial charge in [0.15, 0.2) is 0 Å². The maximum absolute atomic E-state index is 5.74. The van der Waals surface area contributed by atoms with E-state index in [4.69, 9.17) is 13.3 Å². The highest BCUT2D eigenvalue weighted by molar-refractivity contribution is 6.64. The molecule has 104 valence electrons. The SMILES string of the molecule is CCC(C)C(C)(C(C)CC)[Si](OC)(OC)OC. The maximum atomic E-state index is 5.74. The van der Waals surface area contributed by atoms with Gasteiger partial charge < -0.3 is 13.3 Å². The molecule has 4 heteroatoms. The minimum absolute atomic E-state index is 0.0469. The van der Waals surface area contributed by atoms with Crippen molar-refractivity contribution in [1.29, 1.82) is 0 Å². The van der Waals surface area contributed by atoms with Gasteiger partial charge in [-0.25, -0.2) is 0 Å². The molecule has 0 N–H and O–H groups in total. The van der Waals surface area contributed by atoms with Crippen molar-refractivity contribution >= 4 is 8.80 Å². The van der Waals surface area contributed by atoms with Gasteiger partial charge in [0.1, 0.15) is 0 Å². The zero-order chi connectivity index (χ0) is 13.7. The van der Waals surface area contributed by atoms with Gasteiger partial charge in [0.25, 0.3) is 0 Å². The number of rotatable bonds is 8. The van der Waals surface area contributed by atoms with E-state index in [1.165, 1.54) is 0 Å². The van der Waals surface area contributed by atoms with Gasteiger partial charge in [-0.2, -0.15) is 0 Å². The first-order valence-corrected chi connectivity index (χ1v) is 8.27. The molecule has 17 heavy (non-hydrogen) atoms. The second kappa shape index (κ2) is 6.88. The number of hydrogen-bond donors (Lipinski definition) is 0.